The molecule has 2 aliphatic carbocycles. The normalized spacial score (nSPS) is 37.3. The summed E-state index contributed by atoms with van der Waals surface area (Å²) in [5.41, 5.74) is 0.0751. The van der Waals surface area contributed by atoms with E-state index >= 15 is 0 Å². The smallest absolute Gasteiger partial charge is 0.0501 e. The fraction of sp³-hybridized carbons (Fsp3) is 0.867. The fourth-order valence-electron chi connectivity index (χ4n) is 3.85. The van der Waals surface area contributed by atoms with E-state index in [1.165, 1.54) is 12.8 Å². The maximum absolute atomic E-state index is 9.63. The van der Waals surface area contributed by atoms with Crippen molar-refractivity contribution in [1.82, 2.24) is 5.32 Å². The van der Waals surface area contributed by atoms with Gasteiger partial charge in [0, 0.05) is 25.2 Å². The number of aliphatic hydroxyl groups excluding tert-OH is 1. The molecule has 0 aromatic heterocycles. The molecular weight excluding hydrogens is 226 g/mol. The molecule has 0 radical (unpaired) electrons. The largest absolute Gasteiger partial charge is 0.396 e. The number of hydrogen-bond donors (Lipinski definition) is 2. The molecule has 3 nitrogen and oxygen atoms in total. The number of nitrogens with one attached hydrogen (secondary N) is 1. The Bertz CT molecular complexity index is 310. The summed E-state index contributed by atoms with van der Waals surface area (Å²) >= 11 is 0. The van der Waals surface area contributed by atoms with Crippen LogP contribution in [0.15, 0.2) is 12.2 Å². The molecule has 2 fully saturated rings. The average molecular weight is 251 g/mol. The Morgan fingerprint density at radius 2 is 2.06 bits per heavy atom. The van der Waals surface area contributed by atoms with Crippen LogP contribution in [0.1, 0.15) is 25.7 Å². The molecular formula is C15H25NO2. The Morgan fingerprint density at radius 1 is 1.22 bits per heavy atom. The molecule has 18 heavy (non-hydrogen) atoms. The molecule has 1 heterocycles. The van der Waals surface area contributed by atoms with Gasteiger partial charge in [-0.3, -0.25) is 0 Å². The summed E-state index contributed by atoms with van der Waals surface area (Å²) in [7, 11) is 0. The van der Waals surface area contributed by atoms with E-state index in [-0.39, 0.29) is 5.41 Å². The molecule has 1 saturated carbocycles. The van der Waals surface area contributed by atoms with E-state index in [0.29, 0.717) is 6.61 Å². The predicted molar refractivity (Wildman–Crippen MR) is 71.3 cm³/mol. The van der Waals surface area contributed by atoms with E-state index in [1.807, 2.05) is 0 Å². The summed E-state index contributed by atoms with van der Waals surface area (Å²) in [5.74, 6) is 2.51. The first-order valence-corrected chi connectivity index (χ1v) is 7.39. The van der Waals surface area contributed by atoms with Crippen LogP contribution in [-0.4, -0.2) is 38.0 Å². The lowest BCUT2D eigenvalue weighted by Crippen LogP contribution is -2.43. The van der Waals surface area contributed by atoms with Crippen molar-refractivity contribution >= 4 is 0 Å². The number of ether oxygens (including phenoxy) is 1. The Labute approximate surface area is 110 Å². The Morgan fingerprint density at radius 3 is 2.67 bits per heavy atom. The molecule has 0 aromatic carbocycles. The Kier molecular flexibility index (Phi) is 3.73. The van der Waals surface area contributed by atoms with Gasteiger partial charge >= 0.3 is 0 Å². The van der Waals surface area contributed by atoms with Crippen molar-refractivity contribution in [3.05, 3.63) is 12.2 Å². The minimum atomic E-state index is 0.0751. The molecule has 0 amide bonds. The van der Waals surface area contributed by atoms with Gasteiger partial charge in [0.25, 0.3) is 0 Å². The number of rotatable bonds is 5. The molecule has 3 heteroatoms. The first-order valence-electron chi connectivity index (χ1n) is 7.39. The van der Waals surface area contributed by atoms with Gasteiger partial charge in [-0.15, -0.1) is 0 Å². The SMILES string of the molecule is OCC1(CNCC2CC3C=CC2C3)CCOCC1. The first kappa shape index (κ1) is 12.6. The lowest BCUT2D eigenvalue weighted by atomic mass is 9.81. The van der Waals surface area contributed by atoms with Crippen molar-refractivity contribution in [3.8, 4) is 0 Å². The monoisotopic (exact) mass is 251 g/mol. The van der Waals surface area contributed by atoms with Gasteiger partial charge in [-0.05, 0) is 50.0 Å². The maximum atomic E-state index is 9.63. The van der Waals surface area contributed by atoms with Gasteiger partial charge in [-0.25, -0.2) is 0 Å². The van der Waals surface area contributed by atoms with Gasteiger partial charge in [-0.2, -0.15) is 0 Å². The second-order valence-electron chi connectivity index (χ2n) is 6.44. The number of allylic oxidation sites excluding steroid dienone is 2. The van der Waals surface area contributed by atoms with Crippen LogP contribution >= 0.6 is 0 Å². The van der Waals surface area contributed by atoms with Gasteiger partial charge in [0.1, 0.15) is 0 Å². The van der Waals surface area contributed by atoms with Crippen molar-refractivity contribution in [2.24, 2.45) is 23.2 Å². The highest BCUT2D eigenvalue weighted by molar-refractivity contribution is 5.10. The van der Waals surface area contributed by atoms with E-state index in [1.54, 1.807) is 0 Å². The molecule has 2 bridgehead atoms. The molecule has 3 atom stereocenters. The summed E-state index contributed by atoms with van der Waals surface area (Å²) in [5, 5.41) is 13.3. The second kappa shape index (κ2) is 5.32. The quantitative estimate of drug-likeness (QED) is 0.729. The van der Waals surface area contributed by atoms with E-state index in [9.17, 15) is 5.11 Å². The van der Waals surface area contributed by atoms with Crippen LogP contribution in [-0.2, 0) is 4.74 Å². The number of hydrogen-bond acceptors (Lipinski definition) is 3. The minimum absolute atomic E-state index is 0.0751. The first-order chi connectivity index (χ1) is 8.81. The van der Waals surface area contributed by atoms with Crippen LogP contribution in [0.5, 0.6) is 0 Å². The Balaban J connectivity index is 1.44. The summed E-state index contributed by atoms with van der Waals surface area (Å²) in [6, 6.07) is 0. The summed E-state index contributed by atoms with van der Waals surface area (Å²) < 4.78 is 5.40. The van der Waals surface area contributed by atoms with Gasteiger partial charge in [0.15, 0.2) is 0 Å². The Hall–Kier alpha value is -0.380. The highest BCUT2D eigenvalue weighted by Crippen LogP contribution is 2.43. The summed E-state index contributed by atoms with van der Waals surface area (Å²) in [6.07, 6.45) is 9.54. The molecule has 102 valence electrons. The zero-order valence-electron chi connectivity index (χ0n) is 11.1. The maximum Gasteiger partial charge on any atom is 0.0501 e. The molecule has 3 aliphatic rings. The lowest BCUT2D eigenvalue weighted by molar-refractivity contribution is -0.0156. The molecule has 1 aliphatic heterocycles. The van der Waals surface area contributed by atoms with Gasteiger partial charge in [-0.1, -0.05) is 12.2 Å². The highest BCUT2D eigenvalue weighted by Gasteiger charge is 2.36. The minimum Gasteiger partial charge on any atom is -0.396 e. The van der Waals surface area contributed by atoms with E-state index < -0.39 is 0 Å². The zero-order chi connectivity index (χ0) is 12.4. The molecule has 3 rings (SSSR count). The van der Waals surface area contributed by atoms with Crippen molar-refractivity contribution in [3.63, 3.8) is 0 Å². The standard InChI is InChI=1S/C15H25NO2/c17-11-15(3-5-18-6-4-15)10-16-9-14-8-12-1-2-13(14)7-12/h1-2,12-14,16-17H,3-11H2. The molecule has 3 unspecified atom stereocenters. The van der Waals surface area contributed by atoms with Gasteiger partial charge < -0.3 is 15.2 Å². The van der Waals surface area contributed by atoms with Crippen LogP contribution < -0.4 is 5.32 Å². The zero-order valence-corrected chi connectivity index (χ0v) is 11.1. The van der Waals surface area contributed by atoms with Crippen LogP contribution in [0.2, 0.25) is 0 Å². The highest BCUT2D eigenvalue weighted by atomic mass is 16.5. The number of fused-ring (bicyclic) bond motifs is 2. The van der Waals surface area contributed by atoms with Crippen LogP contribution in [0, 0.1) is 23.2 Å². The van der Waals surface area contributed by atoms with E-state index in [4.69, 9.17) is 4.74 Å². The molecule has 0 spiro atoms. The molecule has 0 aromatic rings. The van der Waals surface area contributed by atoms with Crippen molar-refractivity contribution in [1.29, 1.82) is 0 Å². The molecule has 1 saturated heterocycles. The van der Waals surface area contributed by atoms with Crippen LogP contribution in [0.3, 0.4) is 0 Å². The molecule has 2 N–H and O–H groups in total. The van der Waals surface area contributed by atoms with E-state index in [0.717, 1.165) is 56.9 Å². The number of aliphatic hydroxyl groups is 1. The third kappa shape index (κ3) is 2.49. The third-order valence-corrected chi connectivity index (χ3v) is 5.21. The predicted octanol–water partition coefficient (Wildman–Crippen LogP) is 1.58. The van der Waals surface area contributed by atoms with Crippen molar-refractivity contribution in [2.75, 3.05) is 32.9 Å². The van der Waals surface area contributed by atoms with Crippen molar-refractivity contribution in [2.45, 2.75) is 25.7 Å². The summed E-state index contributed by atoms with van der Waals surface area (Å²) in [6.45, 7) is 3.97. The van der Waals surface area contributed by atoms with Crippen LogP contribution in [0.4, 0.5) is 0 Å². The topological polar surface area (TPSA) is 41.5 Å². The lowest BCUT2D eigenvalue weighted by Gasteiger charge is -2.36. The van der Waals surface area contributed by atoms with Crippen molar-refractivity contribution < 1.29 is 9.84 Å². The fourth-order valence-corrected chi connectivity index (χ4v) is 3.85. The second-order valence-corrected chi connectivity index (χ2v) is 6.44. The van der Waals surface area contributed by atoms with Gasteiger partial charge in [0.2, 0.25) is 0 Å². The summed E-state index contributed by atoms with van der Waals surface area (Å²) in [4.78, 5) is 0. The third-order valence-electron chi connectivity index (χ3n) is 5.21. The van der Waals surface area contributed by atoms with Gasteiger partial charge in [0.05, 0.1) is 6.61 Å². The van der Waals surface area contributed by atoms with E-state index in [2.05, 4.69) is 17.5 Å². The average Bonchev–Trinajstić information content (AvgIpc) is 3.02. The van der Waals surface area contributed by atoms with Crippen LogP contribution in [0.25, 0.3) is 0 Å².